The minimum atomic E-state index is -3.43. The Morgan fingerprint density at radius 2 is 1.68 bits per heavy atom. The van der Waals surface area contributed by atoms with E-state index < -0.39 is 9.84 Å². The highest BCUT2D eigenvalue weighted by atomic mass is 32.2. The standard InChI is InChI=1S/C31H34N4O5S/c1-33-22-32-28-20-25(5-9-29(28)33)24-6-10-30-26(19-24)21-35(14-17-40-30)31(36)23-3-7-27(8-4-23)41(37,38)18-2-11-34-12-15-39-16-13-34/h3-10,19-20,22H,2,11-18,21H2,1H3. The molecule has 2 aliphatic rings. The highest BCUT2D eigenvalue weighted by Crippen LogP contribution is 2.31. The molecule has 214 valence electrons. The lowest BCUT2D eigenvalue weighted by Crippen LogP contribution is -2.37. The third-order valence-corrected chi connectivity index (χ3v) is 9.65. The van der Waals surface area contributed by atoms with Crippen LogP contribution < -0.4 is 4.74 Å². The van der Waals surface area contributed by atoms with Crippen molar-refractivity contribution >= 4 is 26.8 Å². The van der Waals surface area contributed by atoms with Crippen LogP contribution in [0.1, 0.15) is 22.3 Å². The predicted molar refractivity (Wildman–Crippen MR) is 157 cm³/mol. The number of aromatic nitrogens is 2. The summed E-state index contributed by atoms with van der Waals surface area (Å²) < 4.78 is 39.1. The Labute approximate surface area is 240 Å². The van der Waals surface area contributed by atoms with Crippen LogP contribution in [0.4, 0.5) is 0 Å². The molecule has 10 heteroatoms. The van der Waals surface area contributed by atoms with Crippen LogP contribution in [0.3, 0.4) is 0 Å². The number of morpholine rings is 1. The molecule has 1 aromatic heterocycles. The van der Waals surface area contributed by atoms with E-state index in [1.165, 1.54) is 0 Å². The van der Waals surface area contributed by atoms with E-state index in [1.54, 1.807) is 35.5 Å². The number of nitrogens with zero attached hydrogens (tertiary/aromatic N) is 4. The number of hydrogen-bond donors (Lipinski definition) is 0. The molecule has 0 saturated carbocycles. The largest absolute Gasteiger partial charge is 0.491 e. The molecule has 1 fully saturated rings. The maximum absolute atomic E-state index is 13.5. The summed E-state index contributed by atoms with van der Waals surface area (Å²) in [5.41, 5.74) is 5.44. The second-order valence-corrected chi connectivity index (χ2v) is 12.7. The van der Waals surface area contributed by atoms with Crippen molar-refractivity contribution in [3.05, 3.63) is 78.1 Å². The molecular weight excluding hydrogens is 540 g/mol. The average molecular weight is 575 g/mol. The Hall–Kier alpha value is -3.73. The number of ether oxygens (including phenoxy) is 2. The number of aryl methyl sites for hydroxylation is 1. The van der Waals surface area contributed by atoms with Crippen LogP contribution in [0.5, 0.6) is 5.75 Å². The van der Waals surface area contributed by atoms with E-state index in [-0.39, 0.29) is 16.6 Å². The number of carbonyl (C=O) groups is 1. The first-order valence-corrected chi connectivity index (χ1v) is 15.6. The molecule has 4 aromatic rings. The van der Waals surface area contributed by atoms with Crippen molar-refractivity contribution in [2.75, 3.05) is 51.8 Å². The maximum atomic E-state index is 13.5. The maximum Gasteiger partial charge on any atom is 0.254 e. The highest BCUT2D eigenvalue weighted by Gasteiger charge is 2.23. The molecule has 0 bridgehead atoms. The van der Waals surface area contributed by atoms with Crippen LogP contribution in [0.25, 0.3) is 22.2 Å². The van der Waals surface area contributed by atoms with Gasteiger partial charge in [-0.2, -0.15) is 0 Å². The Kier molecular flexibility index (Phi) is 7.79. The van der Waals surface area contributed by atoms with Gasteiger partial charge in [-0.15, -0.1) is 0 Å². The third kappa shape index (κ3) is 6.00. The molecule has 1 saturated heterocycles. The minimum Gasteiger partial charge on any atom is -0.491 e. The Morgan fingerprint density at radius 1 is 0.927 bits per heavy atom. The lowest BCUT2D eigenvalue weighted by atomic mass is 10.0. The second kappa shape index (κ2) is 11.6. The summed E-state index contributed by atoms with van der Waals surface area (Å²) in [5.74, 6) is 0.688. The molecule has 9 nitrogen and oxygen atoms in total. The molecular formula is C31H34N4O5S. The van der Waals surface area contributed by atoms with Crippen LogP contribution in [0.2, 0.25) is 0 Å². The molecule has 2 aliphatic heterocycles. The van der Waals surface area contributed by atoms with Gasteiger partial charge in [0.2, 0.25) is 0 Å². The van der Waals surface area contributed by atoms with Crippen molar-refractivity contribution < 1.29 is 22.7 Å². The Morgan fingerprint density at radius 3 is 2.49 bits per heavy atom. The normalized spacial score (nSPS) is 16.3. The first kappa shape index (κ1) is 27.4. The van der Waals surface area contributed by atoms with Gasteiger partial charge >= 0.3 is 0 Å². The van der Waals surface area contributed by atoms with Gasteiger partial charge in [-0.3, -0.25) is 9.69 Å². The van der Waals surface area contributed by atoms with Crippen molar-refractivity contribution in [2.45, 2.75) is 17.9 Å². The quantitative estimate of drug-likeness (QED) is 0.332. The molecule has 6 rings (SSSR count). The number of benzene rings is 3. The van der Waals surface area contributed by atoms with Crippen LogP contribution >= 0.6 is 0 Å². The van der Waals surface area contributed by atoms with Crippen LogP contribution in [-0.4, -0.2) is 85.4 Å². The monoisotopic (exact) mass is 574 g/mol. The number of amides is 1. The molecule has 0 atom stereocenters. The SMILES string of the molecule is Cn1cnc2cc(-c3ccc4c(c3)CN(C(=O)c3ccc(S(=O)(=O)CCCN5CCOCC5)cc3)CCO4)ccc21. The summed E-state index contributed by atoms with van der Waals surface area (Å²) in [6, 6.07) is 18.6. The smallest absolute Gasteiger partial charge is 0.254 e. The number of rotatable bonds is 7. The first-order valence-electron chi connectivity index (χ1n) is 14.0. The van der Waals surface area contributed by atoms with Crippen molar-refractivity contribution in [3.63, 3.8) is 0 Å². The van der Waals surface area contributed by atoms with Gasteiger partial charge in [0.1, 0.15) is 12.4 Å². The number of carbonyl (C=O) groups excluding carboxylic acids is 1. The summed E-state index contributed by atoms with van der Waals surface area (Å²) in [6.07, 6.45) is 2.37. The topological polar surface area (TPSA) is 94.0 Å². The van der Waals surface area contributed by atoms with Gasteiger partial charge in [0.05, 0.1) is 47.8 Å². The van der Waals surface area contributed by atoms with Gasteiger partial charge in [0.25, 0.3) is 5.91 Å². The fourth-order valence-electron chi connectivity index (χ4n) is 5.47. The van der Waals surface area contributed by atoms with E-state index in [2.05, 4.69) is 34.1 Å². The number of fused-ring (bicyclic) bond motifs is 2. The van der Waals surface area contributed by atoms with Crippen molar-refractivity contribution in [1.29, 1.82) is 0 Å². The summed E-state index contributed by atoms with van der Waals surface area (Å²) in [6.45, 7) is 5.02. The highest BCUT2D eigenvalue weighted by molar-refractivity contribution is 7.91. The molecule has 0 aliphatic carbocycles. The summed E-state index contributed by atoms with van der Waals surface area (Å²) in [7, 11) is -1.45. The molecule has 41 heavy (non-hydrogen) atoms. The van der Waals surface area contributed by atoms with Crippen LogP contribution in [-0.2, 0) is 28.2 Å². The zero-order valence-corrected chi connectivity index (χ0v) is 24.0. The van der Waals surface area contributed by atoms with Gasteiger partial charge < -0.3 is 18.9 Å². The van der Waals surface area contributed by atoms with E-state index in [0.29, 0.717) is 44.9 Å². The van der Waals surface area contributed by atoms with Gasteiger partial charge in [-0.25, -0.2) is 13.4 Å². The second-order valence-electron chi connectivity index (χ2n) is 10.6. The Bertz CT molecular complexity index is 1660. The lowest BCUT2D eigenvalue weighted by molar-refractivity contribution is 0.0381. The summed E-state index contributed by atoms with van der Waals surface area (Å²) >= 11 is 0. The molecule has 0 radical (unpaired) electrons. The number of hydrogen-bond acceptors (Lipinski definition) is 7. The first-order chi connectivity index (χ1) is 19.9. The number of imidazole rings is 1. The van der Waals surface area contributed by atoms with E-state index in [9.17, 15) is 13.2 Å². The molecule has 0 N–H and O–H groups in total. The molecule has 3 aromatic carbocycles. The van der Waals surface area contributed by atoms with Crippen molar-refractivity contribution in [2.24, 2.45) is 7.05 Å². The molecule has 1 amide bonds. The van der Waals surface area contributed by atoms with Gasteiger partial charge in [-0.1, -0.05) is 12.1 Å². The Balaban J connectivity index is 1.14. The molecule has 0 spiro atoms. The lowest BCUT2D eigenvalue weighted by Gasteiger charge is -2.26. The van der Waals surface area contributed by atoms with E-state index >= 15 is 0 Å². The van der Waals surface area contributed by atoms with E-state index in [1.807, 2.05) is 23.7 Å². The third-order valence-electron chi connectivity index (χ3n) is 7.84. The molecule has 3 heterocycles. The fourth-order valence-corrected chi connectivity index (χ4v) is 6.77. The van der Waals surface area contributed by atoms with Gasteiger partial charge in [-0.05, 0) is 72.6 Å². The van der Waals surface area contributed by atoms with Crippen LogP contribution in [0.15, 0.2) is 71.9 Å². The van der Waals surface area contributed by atoms with Crippen LogP contribution in [0, 0.1) is 0 Å². The average Bonchev–Trinajstić information content (AvgIpc) is 3.23. The summed E-state index contributed by atoms with van der Waals surface area (Å²) in [4.78, 5) is 22.2. The van der Waals surface area contributed by atoms with E-state index in [4.69, 9.17) is 9.47 Å². The zero-order chi connectivity index (χ0) is 28.4. The van der Waals surface area contributed by atoms with E-state index in [0.717, 1.165) is 53.1 Å². The molecule has 0 unspecified atom stereocenters. The van der Waals surface area contributed by atoms with Gasteiger partial charge in [0, 0.05) is 37.8 Å². The zero-order valence-electron chi connectivity index (χ0n) is 23.2. The van der Waals surface area contributed by atoms with Crippen molar-refractivity contribution in [3.8, 4) is 16.9 Å². The number of sulfone groups is 1. The van der Waals surface area contributed by atoms with Crippen molar-refractivity contribution in [1.82, 2.24) is 19.4 Å². The minimum absolute atomic E-state index is 0.0769. The fraction of sp³-hybridized carbons (Fsp3) is 0.355. The predicted octanol–water partition coefficient (Wildman–Crippen LogP) is 3.77. The van der Waals surface area contributed by atoms with Gasteiger partial charge in [0.15, 0.2) is 9.84 Å². The summed E-state index contributed by atoms with van der Waals surface area (Å²) in [5, 5.41) is 0.